The Bertz CT molecular complexity index is 1080. The second-order valence-electron chi connectivity index (χ2n) is 8.92. The maximum absolute atomic E-state index is 12.5. The first kappa shape index (κ1) is 27.9. The number of azo groups is 1. The average Bonchev–Trinajstić information content (AvgIpc) is 2.93. The third kappa shape index (κ3) is 10.5. The number of benzene rings is 3. The standard InChI is InChI=1S/C31H38N2O4/c1-3-5-7-9-23-35-28-17-11-25(12-18-28)31(34)37-30-21-15-27(16-22-30)33-32-26-13-19-29(20-14-26)36-24-10-8-6-4-2/h11-22H,3-10,23-24H2,1-2H3. The summed E-state index contributed by atoms with van der Waals surface area (Å²) < 4.78 is 17.0. The van der Waals surface area contributed by atoms with Gasteiger partial charge in [-0.1, -0.05) is 52.4 Å². The van der Waals surface area contributed by atoms with Crippen LogP contribution in [0.3, 0.4) is 0 Å². The van der Waals surface area contributed by atoms with Crippen molar-refractivity contribution in [3.8, 4) is 17.2 Å². The Morgan fingerprint density at radius 3 is 1.46 bits per heavy atom. The minimum atomic E-state index is -0.420. The minimum Gasteiger partial charge on any atom is -0.494 e. The van der Waals surface area contributed by atoms with Gasteiger partial charge in [-0.15, -0.1) is 0 Å². The van der Waals surface area contributed by atoms with Gasteiger partial charge in [0, 0.05) is 0 Å². The molecular formula is C31H38N2O4. The highest BCUT2D eigenvalue weighted by molar-refractivity contribution is 5.91. The van der Waals surface area contributed by atoms with E-state index in [-0.39, 0.29) is 0 Å². The first-order chi connectivity index (χ1) is 18.2. The first-order valence-electron chi connectivity index (χ1n) is 13.4. The van der Waals surface area contributed by atoms with Gasteiger partial charge in [-0.25, -0.2) is 4.79 Å². The van der Waals surface area contributed by atoms with E-state index < -0.39 is 5.97 Å². The summed E-state index contributed by atoms with van der Waals surface area (Å²) in [6.07, 6.45) is 9.36. The van der Waals surface area contributed by atoms with E-state index in [9.17, 15) is 4.79 Å². The van der Waals surface area contributed by atoms with E-state index in [0.29, 0.717) is 23.6 Å². The Balaban J connectivity index is 1.43. The molecule has 0 aliphatic carbocycles. The van der Waals surface area contributed by atoms with E-state index in [2.05, 4.69) is 24.1 Å². The highest BCUT2D eigenvalue weighted by atomic mass is 16.5. The van der Waals surface area contributed by atoms with E-state index >= 15 is 0 Å². The van der Waals surface area contributed by atoms with Gasteiger partial charge in [0.15, 0.2) is 0 Å². The molecule has 3 aromatic rings. The van der Waals surface area contributed by atoms with Crippen LogP contribution in [0.15, 0.2) is 83.0 Å². The Labute approximate surface area is 220 Å². The molecule has 0 saturated carbocycles. The molecule has 3 rings (SSSR count). The number of hydrogen-bond donors (Lipinski definition) is 0. The number of esters is 1. The number of unbranched alkanes of at least 4 members (excludes halogenated alkanes) is 6. The number of rotatable bonds is 16. The van der Waals surface area contributed by atoms with Crippen molar-refractivity contribution in [1.82, 2.24) is 0 Å². The van der Waals surface area contributed by atoms with Crippen molar-refractivity contribution in [1.29, 1.82) is 0 Å². The molecule has 0 unspecified atom stereocenters. The third-order valence-electron chi connectivity index (χ3n) is 5.79. The Kier molecular flexibility index (Phi) is 12.2. The first-order valence-corrected chi connectivity index (χ1v) is 13.4. The molecule has 0 aliphatic heterocycles. The second kappa shape index (κ2) is 16.1. The molecule has 0 atom stereocenters. The predicted molar refractivity (Wildman–Crippen MR) is 148 cm³/mol. The van der Waals surface area contributed by atoms with Crippen LogP contribution < -0.4 is 14.2 Å². The van der Waals surface area contributed by atoms with Gasteiger partial charge in [-0.2, -0.15) is 10.2 Å². The molecule has 37 heavy (non-hydrogen) atoms. The lowest BCUT2D eigenvalue weighted by Gasteiger charge is -2.07. The summed E-state index contributed by atoms with van der Waals surface area (Å²) >= 11 is 0. The lowest BCUT2D eigenvalue weighted by molar-refractivity contribution is 0.0734. The minimum absolute atomic E-state index is 0.420. The highest BCUT2D eigenvalue weighted by Crippen LogP contribution is 2.24. The summed E-state index contributed by atoms with van der Waals surface area (Å²) in [5.74, 6) is 1.62. The lowest BCUT2D eigenvalue weighted by Crippen LogP contribution is -2.08. The van der Waals surface area contributed by atoms with Crippen LogP contribution in [0.2, 0.25) is 0 Å². The Hall–Kier alpha value is -3.67. The molecule has 0 spiro atoms. The summed E-state index contributed by atoms with van der Waals surface area (Å²) in [5, 5.41) is 8.53. The topological polar surface area (TPSA) is 69.5 Å². The average molecular weight is 503 g/mol. The summed E-state index contributed by atoms with van der Waals surface area (Å²) in [7, 11) is 0. The lowest BCUT2D eigenvalue weighted by atomic mass is 10.2. The van der Waals surface area contributed by atoms with Crippen molar-refractivity contribution >= 4 is 17.3 Å². The molecule has 0 heterocycles. The summed E-state index contributed by atoms with van der Waals surface area (Å²) in [4.78, 5) is 12.5. The van der Waals surface area contributed by atoms with Crippen LogP contribution >= 0.6 is 0 Å². The monoisotopic (exact) mass is 502 g/mol. The van der Waals surface area contributed by atoms with Gasteiger partial charge in [-0.05, 0) is 85.6 Å². The van der Waals surface area contributed by atoms with Crippen LogP contribution in [0.5, 0.6) is 17.2 Å². The van der Waals surface area contributed by atoms with E-state index in [1.807, 2.05) is 24.3 Å². The number of carbonyl (C=O) groups excluding carboxylic acids is 1. The zero-order valence-corrected chi connectivity index (χ0v) is 22.0. The van der Waals surface area contributed by atoms with Crippen molar-refractivity contribution < 1.29 is 19.0 Å². The Morgan fingerprint density at radius 2 is 1.00 bits per heavy atom. The number of hydrogen-bond acceptors (Lipinski definition) is 6. The molecule has 0 radical (unpaired) electrons. The van der Waals surface area contributed by atoms with E-state index in [4.69, 9.17) is 14.2 Å². The van der Waals surface area contributed by atoms with Crippen molar-refractivity contribution in [2.24, 2.45) is 10.2 Å². The van der Waals surface area contributed by atoms with Gasteiger partial charge < -0.3 is 14.2 Å². The SMILES string of the molecule is CCCCCCOc1ccc(N=Nc2ccc(OC(=O)c3ccc(OCCCCCC)cc3)cc2)cc1. The fourth-order valence-corrected chi connectivity index (χ4v) is 3.60. The quantitative estimate of drug-likeness (QED) is 0.0847. The molecule has 0 N–H and O–H groups in total. The largest absolute Gasteiger partial charge is 0.494 e. The van der Waals surface area contributed by atoms with Crippen molar-refractivity contribution in [3.63, 3.8) is 0 Å². The number of ether oxygens (including phenoxy) is 3. The summed E-state index contributed by atoms with van der Waals surface area (Å²) in [6, 6.07) is 21.5. The van der Waals surface area contributed by atoms with Gasteiger partial charge in [0.05, 0.1) is 30.2 Å². The van der Waals surface area contributed by atoms with Gasteiger partial charge >= 0.3 is 5.97 Å². The molecular weight excluding hydrogens is 464 g/mol. The molecule has 3 aromatic carbocycles. The molecule has 196 valence electrons. The molecule has 0 saturated heterocycles. The van der Waals surface area contributed by atoms with E-state index in [0.717, 1.165) is 36.6 Å². The normalized spacial score (nSPS) is 11.0. The van der Waals surface area contributed by atoms with Crippen LogP contribution in [0.4, 0.5) is 11.4 Å². The zero-order chi connectivity index (χ0) is 26.1. The predicted octanol–water partition coefficient (Wildman–Crippen LogP) is 9.24. The smallest absolute Gasteiger partial charge is 0.343 e. The molecule has 6 heteroatoms. The molecule has 0 fully saturated rings. The maximum atomic E-state index is 12.5. The van der Waals surface area contributed by atoms with Crippen LogP contribution in [-0.2, 0) is 0 Å². The third-order valence-corrected chi connectivity index (χ3v) is 5.79. The van der Waals surface area contributed by atoms with Crippen LogP contribution in [0.25, 0.3) is 0 Å². The van der Waals surface area contributed by atoms with Crippen LogP contribution in [-0.4, -0.2) is 19.2 Å². The number of carbonyl (C=O) groups is 1. The van der Waals surface area contributed by atoms with Crippen molar-refractivity contribution in [3.05, 3.63) is 78.4 Å². The highest BCUT2D eigenvalue weighted by Gasteiger charge is 2.09. The molecule has 0 aliphatic rings. The van der Waals surface area contributed by atoms with Gasteiger partial charge in [-0.3, -0.25) is 0 Å². The zero-order valence-electron chi connectivity index (χ0n) is 22.0. The summed E-state index contributed by atoms with van der Waals surface area (Å²) in [5.41, 5.74) is 1.87. The summed E-state index contributed by atoms with van der Waals surface area (Å²) in [6.45, 7) is 5.81. The molecule has 0 aromatic heterocycles. The fourth-order valence-electron chi connectivity index (χ4n) is 3.60. The van der Waals surface area contributed by atoms with Crippen LogP contribution in [0, 0.1) is 0 Å². The Morgan fingerprint density at radius 1 is 0.568 bits per heavy atom. The molecule has 0 bridgehead atoms. The second-order valence-corrected chi connectivity index (χ2v) is 8.92. The van der Waals surface area contributed by atoms with Crippen molar-refractivity contribution in [2.45, 2.75) is 65.2 Å². The fraction of sp³-hybridized carbons (Fsp3) is 0.387. The number of nitrogens with zero attached hydrogens (tertiary/aromatic N) is 2. The van der Waals surface area contributed by atoms with Gasteiger partial charge in [0.2, 0.25) is 0 Å². The van der Waals surface area contributed by atoms with Crippen molar-refractivity contribution in [2.75, 3.05) is 13.2 Å². The van der Waals surface area contributed by atoms with Gasteiger partial charge in [0.1, 0.15) is 17.2 Å². The van der Waals surface area contributed by atoms with E-state index in [1.165, 1.54) is 38.5 Å². The molecule has 0 amide bonds. The van der Waals surface area contributed by atoms with E-state index in [1.54, 1.807) is 48.5 Å². The van der Waals surface area contributed by atoms with Crippen LogP contribution in [0.1, 0.15) is 75.6 Å². The molecule has 6 nitrogen and oxygen atoms in total. The maximum Gasteiger partial charge on any atom is 0.343 e. The van der Waals surface area contributed by atoms with Gasteiger partial charge in [0.25, 0.3) is 0 Å².